The number of methoxy groups -OCH3 is 1. The van der Waals surface area contributed by atoms with Gasteiger partial charge in [-0.15, -0.1) is 0 Å². The second-order valence-electron chi connectivity index (χ2n) is 5.12. The van der Waals surface area contributed by atoms with Gasteiger partial charge in [0.05, 0.1) is 11.5 Å². The first-order valence-electron chi connectivity index (χ1n) is 6.80. The average molecular weight is 279 g/mol. The van der Waals surface area contributed by atoms with E-state index >= 15 is 0 Å². The molecule has 0 aliphatic carbocycles. The number of hydrogen-bond donors (Lipinski definition) is 0. The minimum absolute atomic E-state index is 0.135. The zero-order valence-electron chi connectivity index (χ0n) is 12.0. The van der Waals surface area contributed by atoms with Crippen LogP contribution in [-0.4, -0.2) is 56.3 Å². The second kappa shape index (κ2) is 6.67. The maximum Gasteiger partial charge on any atom is 0.269 e. The summed E-state index contributed by atoms with van der Waals surface area (Å²) < 4.78 is 5.10. The Hall–Kier alpha value is -1.66. The number of nitrogens with zero attached hydrogens (tertiary/aromatic N) is 3. The topological polar surface area (TPSA) is 58.8 Å². The normalized spacial score (nSPS) is 19.2. The molecule has 0 amide bonds. The summed E-state index contributed by atoms with van der Waals surface area (Å²) in [7, 11) is 3.77. The standard InChI is InChI=1S/C14H21N3O3/c1-15(12-3-5-13(6-4-12)17(18)19)14-7-8-16(11-14)9-10-20-2/h3-6,14H,7-11H2,1-2H3/t14-/m0/s1. The van der Waals surface area contributed by atoms with Crippen LogP contribution in [0.15, 0.2) is 24.3 Å². The van der Waals surface area contributed by atoms with Crippen molar-refractivity contribution in [3.63, 3.8) is 0 Å². The average Bonchev–Trinajstić information content (AvgIpc) is 2.93. The summed E-state index contributed by atoms with van der Waals surface area (Å²) in [4.78, 5) is 14.9. The molecule has 6 nitrogen and oxygen atoms in total. The van der Waals surface area contributed by atoms with E-state index in [1.165, 1.54) is 0 Å². The van der Waals surface area contributed by atoms with Gasteiger partial charge < -0.3 is 9.64 Å². The number of nitro benzene ring substituents is 1. The first kappa shape index (κ1) is 14.7. The van der Waals surface area contributed by atoms with Gasteiger partial charge in [-0.1, -0.05) is 0 Å². The first-order valence-corrected chi connectivity index (χ1v) is 6.80. The fourth-order valence-electron chi connectivity index (χ4n) is 2.57. The molecule has 0 radical (unpaired) electrons. The SMILES string of the molecule is COCCN1CC[C@H](N(C)c2ccc([N+](=O)[O-])cc2)C1. The molecule has 6 heteroatoms. The molecule has 1 aliphatic rings. The highest BCUT2D eigenvalue weighted by molar-refractivity contribution is 5.51. The van der Waals surface area contributed by atoms with Crippen molar-refractivity contribution in [2.45, 2.75) is 12.5 Å². The third-order valence-corrected chi connectivity index (χ3v) is 3.87. The van der Waals surface area contributed by atoms with Crippen molar-refractivity contribution in [3.05, 3.63) is 34.4 Å². The first-order chi connectivity index (χ1) is 9.61. The lowest BCUT2D eigenvalue weighted by Crippen LogP contribution is -2.35. The van der Waals surface area contributed by atoms with Crippen LogP contribution < -0.4 is 4.90 Å². The Morgan fingerprint density at radius 2 is 2.15 bits per heavy atom. The van der Waals surface area contributed by atoms with Crippen LogP contribution in [-0.2, 0) is 4.74 Å². The third kappa shape index (κ3) is 3.46. The largest absolute Gasteiger partial charge is 0.383 e. The molecule has 0 spiro atoms. The summed E-state index contributed by atoms with van der Waals surface area (Å²) >= 11 is 0. The van der Waals surface area contributed by atoms with Gasteiger partial charge in [-0.25, -0.2) is 0 Å². The van der Waals surface area contributed by atoms with Gasteiger partial charge in [-0.2, -0.15) is 0 Å². The van der Waals surface area contributed by atoms with Gasteiger partial charge in [0.2, 0.25) is 0 Å². The molecular weight excluding hydrogens is 258 g/mol. The fourth-order valence-corrected chi connectivity index (χ4v) is 2.57. The number of anilines is 1. The van der Waals surface area contributed by atoms with Crippen molar-refractivity contribution in [1.29, 1.82) is 0 Å². The highest BCUT2D eigenvalue weighted by atomic mass is 16.6. The summed E-state index contributed by atoms with van der Waals surface area (Å²) in [6.45, 7) is 3.80. The molecule has 1 aromatic carbocycles. The smallest absolute Gasteiger partial charge is 0.269 e. The van der Waals surface area contributed by atoms with Crippen molar-refractivity contribution in [2.24, 2.45) is 0 Å². The summed E-state index contributed by atoms with van der Waals surface area (Å²) in [5, 5.41) is 10.7. The lowest BCUT2D eigenvalue weighted by atomic mass is 10.2. The van der Waals surface area contributed by atoms with Crippen molar-refractivity contribution in [3.8, 4) is 0 Å². The van der Waals surface area contributed by atoms with Crippen LogP contribution >= 0.6 is 0 Å². The molecule has 1 aromatic rings. The van der Waals surface area contributed by atoms with Crippen molar-refractivity contribution in [1.82, 2.24) is 4.90 Å². The molecule has 110 valence electrons. The Morgan fingerprint density at radius 3 is 2.75 bits per heavy atom. The predicted octanol–water partition coefficient (Wildman–Crippen LogP) is 1.75. The van der Waals surface area contributed by atoms with E-state index in [2.05, 4.69) is 9.80 Å². The number of hydrogen-bond acceptors (Lipinski definition) is 5. The molecule has 0 saturated carbocycles. The van der Waals surface area contributed by atoms with Crippen LogP contribution in [0.1, 0.15) is 6.42 Å². The van der Waals surface area contributed by atoms with Crippen LogP contribution in [0.25, 0.3) is 0 Å². The number of ether oxygens (including phenoxy) is 1. The van der Waals surface area contributed by atoms with E-state index in [0.29, 0.717) is 6.04 Å². The maximum atomic E-state index is 10.7. The number of benzene rings is 1. The minimum atomic E-state index is -0.369. The molecule has 1 fully saturated rings. The Labute approximate surface area is 119 Å². The number of likely N-dealkylation sites (tertiary alicyclic amines) is 1. The predicted molar refractivity (Wildman–Crippen MR) is 78.2 cm³/mol. The van der Waals surface area contributed by atoms with Gasteiger partial charge in [0, 0.05) is 57.7 Å². The molecular formula is C14H21N3O3. The van der Waals surface area contributed by atoms with Crippen molar-refractivity contribution in [2.75, 3.05) is 45.3 Å². The lowest BCUT2D eigenvalue weighted by molar-refractivity contribution is -0.384. The third-order valence-electron chi connectivity index (χ3n) is 3.87. The molecule has 1 heterocycles. The Morgan fingerprint density at radius 1 is 1.45 bits per heavy atom. The van der Waals surface area contributed by atoms with Gasteiger partial charge in [0.25, 0.3) is 5.69 Å². The van der Waals surface area contributed by atoms with Crippen molar-refractivity contribution >= 4 is 11.4 Å². The summed E-state index contributed by atoms with van der Waals surface area (Å²) in [5.74, 6) is 0. The van der Waals surface area contributed by atoms with E-state index in [-0.39, 0.29) is 10.6 Å². The van der Waals surface area contributed by atoms with Gasteiger partial charge in [-0.05, 0) is 18.6 Å². The summed E-state index contributed by atoms with van der Waals surface area (Å²) in [6.07, 6.45) is 1.11. The van der Waals surface area contributed by atoms with Crippen LogP contribution in [0.4, 0.5) is 11.4 Å². The Balaban J connectivity index is 1.94. The monoisotopic (exact) mass is 279 g/mol. The van der Waals surface area contributed by atoms with Crippen LogP contribution in [0.5, 0.6) is 0 Å². The number of nitro groups is 1. The molecule has 20 heavy (non-hydrogen) atoms. The molecule has 0 unspecified atom stereocenters. The Bertz CT molecular complexity index is 449. The number of likely N-dealkylation sites (N-methyl/N-ethyl adjacent to an activating group) is 1. The van der Waals surface area contributed by atoms with E-state index in [4.69, 9.17) is 4.74 Å². The highest BCUT2D eigenvalue weighted by Crippen LogP contribution is 2.23. The Kier molecular flexibility index (Phi) is 4.92. The van der Waals surface area contributed by atoms with Crippen LogP contribution in [0.2, 0.25) is 0 Å². The highest BCUT2D eigenvalue weighted by Gasteiger charge is 2.25. The van der Waals surface area contributed by atoms with E-state index in [0.717, 1.165) is 38.3 Å². The van der Waals surface area contributed by atoms with Gasteiger partial charge in [0.15, 0.2) is 0 Å². The molecule has 0 aromatic heterocycles. The van der Waals surface area contributed by atoms with Gasteiger partial charge >= 0.3 is 0 Å². The van der Waals surface area contributed by atoms with E-state index in [1.54, 1.807) is 19.2 Å². The van der Waals surface area contributed by atoms with E-state index < -0.39 is 0 Å². The molecule has 0 N–H and O–H groups in total. The molecule has 2 rings (SSSR count). The van der Waals surface area contributed by atoms with Crippen molar-refractivity contribution < 1.29 is 9.66 Å². The molecule has 1 saturated heterocycles. The summed E-state index contributed by atoms with van der Waals surface area (Å²) in [6, 6.07) is 7.20. The van der Waals surface area contributed by atoms with Crippen LogP contribution in [0.3, 0.4) is 0 Å². The minimum Gasteiger partial charge on any atom is -0.383 e. The second-order valence-corrected chi connectivity index (χ2v) is 5.12. The number of non-ortho nitro benzene ring substituents is 1. The van der Waals surface area contributed by atoms with Gasteiger partial charge in [-0.3, -0.25) is 15.0 Å². The fraction of sp³-hybridized carbons (Fsp3) is 0.571. The molecule has 0 bridgehead atoms. The summed E-state index contributed by atoms with van der Waals surface area (Å²) in [5.41, 5.74) is 1.16. The van der Waals surface area contributed by atoms with Crippen LogP contribution in [0, 0.1) is 10.1 Å². The molecule has 1 atom stereocenters. The quantitative estimate of drug-likeness (QED) is 0.586. The number of rotatable bonds is 6. The van der Waals surface area contributed by atoms with E-state index in [1.807, 2.05) is 19.2 Å². The lowest BCUT2D eigenvalue weighted by Gasteiger charge is -2.27. The zero-order valence-corrected chi connectivity index (χ0v) is 12.0. The zero-order chi connectivity index (χ0) is 14.5. The molecule has 1 aliphatic heterocycles. The van der Waals surface area contributed by atoms with Gasteiger partial charge in [0.1, 0.15) is 0 Å². The van der Waals surface area contributed by atoms with E-state index in [9.17, 15) is 10.1 Å². The maximum absolute atomic E-state index is 10.7.